The second kappa shape index (κ2) is 8.30. The van der Waals surface area contributed by atoms with Crippen molar-refractivity contribution in [2.75, 3.05) is 26.7 Å². The highest BCUT2D eigenvalue weighted by atomic mass is 32.1. The standard InChI is InChI=1S/C19H29N3O2S/c1-14-17(25-13-20-14)9-12-21(2)18(23)15-7-3-4-8-16(15)19(24)22-10-5-6-11-22/h13,15-16H,3-12H2,1-2H3/t15-,16+/m0/s1. The topological polar surface area (TPSA) is 53.5 Å². The lowest BCUT2D eigenvalue weighted by Crippen LogP contribution is -2.45. The van der Waals surface area contributed by atoms with Gasteiger partial charge in [-0.25, -0.2) is 4.98 Å². The zero-order valence-corrected chi connectivity index (χ0v) is 16.2. The molecule has 3 rings (SSSR count). The first-order valence-corrected chi connectivity index (χ1v) is 10.4. The molecule has 1 aromatic heterocycles. The molecular weight excluding hydrogens is 334 g/mol. The third-order valence-corrected chi connectivity index (χ3v) is 6.71. The lowest BCUT2D eigenvalue weighted by atomic mass is 9.77. The van der Waals surface area contributed by atoms with Gasteiger partial charge in [-0.15, -0.1) is 11.3 Å². The van der Waals surface area contributed by atoms with Gasteiger partial charge in [0, 0.05) is 49.8 Å². The van der Waals surface area contributed by atoms with E-state index >= 15 is 0 Å². The van der Waals surface area contributed by atoms with E-state index < -0.39 is 0 Å². The van der Waals surface area contributed by atoms with Crippen LogP contribution in [0, 0.1) is 18.8 Å². The Hall–Kier alpha value is -1.43. The van der Waals surface area contributed by atoms with Crippen LogP contribution in [-0.4, -0.2) is 53.3 Å². The van der Waals surface area contributed by atoms with Crippen molar-refractivity contribution in [3.05, 3.63) is 16.1 Å². The quantitative estimate of drug-likeness (QED) is 0.808. The van der Waals surface area contributed by atoms with Gasteiger partial charge in [0.25, 0.3) is 0 Å². The molecule has 0 unspecified atom stereocenters. The highest BCUT2D eigenvalue weighted by molar-refractivity contribution is 7.09. The van der Waals surface area contributed by atoms with Gasteiger partial charge in [-0.1, -0.05) is 12.8 Å². The van der Waals surface area contributed by atoms with Gasteiger partial charge in [0.15, 0.2) is 0 Å². The maximum Gasteiger partial charge on any atom is 0.226 e. The van der Waals surface area contributed by atoms with Gasteiger partial charge >= 0.3 is 0 Å². The summed E-state index contributed by atoms with van der Waals surface area (Å²) in [5, 5.41) is 0. The predicted octanol–water partition coefficient (Wildman–Crippen LogP) is 2.88. The fourth-order valence-corrected chi connectivity index (χ4v) is 4.89. The molecule has 2 fully saturated rings. The molecule has 1 aromatic rings. The van der Waals surface area contributed by atoms with E-state index in [0.717, 1.165) is 63.7 Å². The number of aromatic nitrogens is 1. The van der Waals surface area contributed by atoms with Crippen molar-refractivity contribution in [3.8, 4) is 0 Å². The van der Waals surface area contributed by atoms with Crippen LogP contribution in [0.15, 0.2) is 5.51 Å². The molecule has 0 bridgehead atoms. The number of hydrogen-bond acceptors (Lipinski definition) is 4. The van der Waals surface area contributed by atoms with Gasteiger partial charge in [-0.05, 0) is 32.6 Å². The average molecular weight is 364 g/mol. The van der Waals surface area contributed by atoms with Crippen molar-refractivity contribution in [2.45, 2.75) is 51.9 Å². The summed E-state index contributed by atoms with van der Waals surface area (Å²) >= 11 is 1.65. The number of hydrogen-bond donors (Lipinski definition) is 0. The number of nitrogens with zero attached hydrogens (tertiary/aromatic N) is 3. The SMILES string of the molecule is Cc1ncsc1CCN(C)C(=O)[C@H]1CCCC[C@H]1C(=O)N1CCCC1. The van der Waals surface area contributed by atoms with Crippen molar-refractivity contribution in [1.29, 1.82) is 0 Å². The normalized spacial score (nSPS) is 23.7. The van der Waals surface area contributed by atoms with Crippen LogP contribution in [0.2, 0.25) is 0 Å². The summed E-state index contributed by atoms with van der Waals surface area (Å²) in [6.07, 6.45) is 6.90. The van der Waals surface area contributed by atoms with E-state index in [9.17, 15) is 9.59 Å². The molecule has 0 N–H and O–H groups in total. The summed E-state index contributed by atoms with van der Waals surface area (Å²) in [6, 6.07) is 0. The van der Waals surface area contributed by atoms with Crippen LogP contribution in [0.1, 0.15) is 49.1 Å². The first kappa shape index (κ1) is 18.4. The maximum absolute atomic E-state index is 13.0. The summed E-state index contributed by atoms with van der Waals surface area (Å²) in [7, 11) is 1.88. The Morgan fingerprint density at radius 3 is 2.52 bits per heavy atom. The van der Waals surface area contributed by atoms with Crippen molar-refractivity contribution in [3.63, 3.8) is 0 Å². The Balaban J connectivity index is 1.61. The van der Waals surface area contributed by atoms with Crippen molar-refractivity contribution >= 4 is 23.2 Å². The summed E-state index contributed by atoms with van der Waals surface area (Å²) in [4.78, 5) is 35.2. The molecule has 1 aliphatic carbocycles. The zero-order chi connectivity index (χ0) is 17.8. The average Bonchev–Trinajstić information content (AvgIpc) is 3.30. The van der Waals surface area contributed by atoms with E-state index in [1.807, 2.05) is 29.3 Å². The van der Waals surface area contributed by atoms with Crippen molar-refractivity contribution in [2.24, 2.45) is 11.8 Å². The van der Waals surface area contributed by atoms with E-state index in [1.54, 1.807) is 11.3 Å². The Bertz CT molecular complexity index is 610. The lowest BCUT2D eigenvalue weighted by Gasteiger charge is -2.34. The number of rotatable bonds is 5. The fraction of sp³-hybridized carbons (Fsp3) is 0.737. The molecule has 2 atom stereocenters. The highest BCUT2D eigenvalue weighted by Crippen LogP contribution is 2.33. The molecule has 0 aromatic carbocycles. The smallest absolute Gasteiger partial charge is 0.226 e. The highest BCUT2D eigenvalue weighted by Gasteiger charge is 2.39. The number of aryl methyl sites for hydroxylation is 1. The van der Waals surface area contributed by atoms with Crippen molar-refractivity contribution in [1.82, 2.24) is 14.8 Å². The molecule has 0 spiro atoms. The van der Waals surface area contributed by atoms with Crippen molar-refractivity contribution < 1.29 is 9.59 Å². The molecule has 5 nitrogen and oxygen atoms in total. The minimum Gasteiger partial charge on any atom is -0.345 e. The van der Waals surface area contributed by atoms with Crippen LogP contribution < -0.4 is 0 Å². The van der Waals surface area contributed by atoms with E-state index in [1.165, 1.54) is 4.88 Å². The number of carbonyl (C=O) groups excluding carboxylic acids is 2. The second-order valence-electron chi connectivity index (χ2n) is 7.40. The molecule has 6 heteroatoms. The molecule has 1 saturated carbocycles. The lowest BCUT2D eigenvalue weighted by molar-refractivity contribution is -0.147. The monoisotopic (exact) mass is 363 g/mol. The molecule has 1 saturated heterocycles. The first-order chi connectivity index (χ1) is 12.1. The van der Waals surface area contributed by atoms with Crippen LogP contribution in [0.25, 0.3) is 0 Å². The van der Waals surface area contributed by atoms with Gasteiger partial charge in [-0.3, -0.25) is 9.59 Å². The minimum absolute atomic E-state index is 0.105. The fourth-order valence-electron chi connectivity index (χ4n) is 4.12. The molecule has 138 valence electrons. The van der Waals surface area contributed by atoms with Gasteiger partial charge in [-0.2, -0.15) is 0 Å². The summed E-state index contributed by atoms with van der Waals surface area (Å²) < 4.78 is 0. The molecule has 0 radical (unpaired) electrons. The van der Waals surface area contributed by atoms with Gasteiger partial charge in [0.05, 0.1) is 11.2 Å². The van der Waals surface area contributed by atoms with Gasteiger partial charge in [0.1, 0.15) is 0 Å². The van der Waals surface area contributed by atoms with Gasteiger partial charge in [0.2, 0.25) is 11.8 Å². The summed E-state index contributed by atoms with van der Waals surface area (Å²) in [5.41, 5.74) is 2.92. The van der Waals surface area contributed by atoms with E-state index in [-0.39, 0.29) is 23.7 Å². The largest absolute Gasteiger partial charge is 0.345 e. The summed E-state index contributed by atoms with van der Waals surface area (Å²) in [6.45, 7) is 4.45. The summed E-state index contributed by atoms with van der Waals surface area (Å²) in [5.74, 6) is 0.142. The molecule has 2 amide bonds. The predicted molar refractivity (Wildman–Crippen MR) is 99.5 cm³/mol. The van der Waals surface area contributed by atoms with Crippen LogP contribution in [-0.2, 0) is 16.0 Å². The Labute approximate surface area is 154 Å². The molecular formula is C19H29N3O2S. The first-order valence-electron chi connectivity index (χ1n) is 9.50. The zero-order valence-electron chi connectivity index (χ0n) is 15.4. The van der Waals surface area contributed by atoms with E-state index in [2.05, 4.69) is 4.98 Å². The second-order valence-corrected chi connectivity index (χ2v) is 8.34. The number of likely N-dealkylation sites (tertiary alicyclic amines) is 1. The van der Waals surface area contributed by atoms with E-state index in [4.69, 9.17) is 0 Å². The third-order valence-electron chi connectivity index (χ3n) is 5.71. The Morgan fingerprint density at radius 1 is 1.20 bits per heavy atom. The minimum atomic E-state index is -0.130. The molecule has 2 aliphatic rings. The van der Waals surface area contributed by atoms with Crippen LogP contribution in [0.3, 0.4) is 0 Å². The molecule has 2 heterocycles. The number of thiazole rings is 1. The van der Waals surface area contributed by atoms with Crippen LogP contribution in [0.4, 0.5) is 0 Å². The number of likely N-dealkylation sites (N-methyl/N-ethyl adjacent to an activating group) is 1. The molecule has 1 aliphatic heterocycles. The Morgan fingerprint density at radius 2 is 1.88 bits per heavy atom. The number of carbonyl (C=O) groups is 2. The van der Waals surface area contributed by atoms with E-state index in [0.29, 0.717) is 6.54 Å². The maximum atomic E-state index is 13.0. The molecule has 25 heavy (non-hydrogen) atoms. The van der Waals surface area contributed by atoms with Crippen LogP contribution >= 0.6 is 11.3 Å². The van der Waals surface area contributed by atoms with Gasteiger partial charge < -0.3 is 9.80 Å². The third kappa shape index (κ3) is 4.22. The van der Waals surface area contributed by atoms with Crippen LogP contribution in [0.5, 0.6) is 0 Å². The number of amides is 2. The Kier molecular flexibility index (Phi) is 6.10.